The number of carbonyl (C=O) groups excluding carboxylic acids is 1. The van der Waals surface area contributed by atoms with Crippen LogP contribution in [0.15, 0.2) is 18.2 Å². The topological polar surface area (TPSA) is 76.8 Å². The van der Waals surface area contributed by atoms with Crippen molar-refractivity contribution in [3.05, 3.63) is 23.8 Å². The van der Waals surface area contributed by atoms with E-state index in [9.17, 15) is 4.79 Å². The smallest absolute Gasteiger partial charge is 0.337 e. The maximum Gasteiger partial charge on any atom is 0.337 e. The van der Waals surface area contributed by atoms with Crippen molar-refractivity contribution in [3.8, 4) is 0 Å². The molecule has 6 heteroatoms. The predicted molar refractivity (Wildman–Crippen MR) is 80.1 cm³/mol. The minimum Gasteiger partial charge on any atom is -0.465 e. The van der Waals surface area contributed by atoms with Gasteiger partial charge in [-0.2, -0.15) is 0 Å². The van der Waals surface area contributed by atoms with Crippen molar-refractivity contribution in [3.63, 3.8) is 0 Å². The van der Waals surface area contributed by atoms with E-state index < -0.39 is 0 Å². The highest BCUT2D eigenvalue weighted by molar-refractivity contribution is 5.91. The molecule has 0 radical (unpaired) electrons. The summed E-state index contributed by atoms with van der Waals surface area (Å²) in [5.74, 6) is -0.370. The minimum atomic E-state index is -0.370. The minimum absolute atomic E-state index is 0.370. The molecule has 0 spiro atoms. The Bertz CT molecular complexity index is 438. The quantitative estimate of drug-likeness (QED) is 0.548. The van der Waals surface area contributed by atoms with Crippen molar-refractivity contribution in [2.45, 2.75) is 0 Å². The number of esters is 1. The molecule has 0 aliphatic rings. The third-order valence-electron chi connectivity index (χ3n) is 2.96. The van der Waals surface area contributed by atoms with Crippen LogP contribution in [-0.2, 0) is 9.47 Å². The Kier molecular flexibility index (Phi) is 6.83. The Hall–Kier alpha value is -1.79. The molecule has 0 aliphatic carbocycles. The summed E-state index contributed by atoms with van der Waals surface area (Å²) in [7, 11) is 5.07. The van der Waals surface area contributed by atoms with Gasteiger partial charge in [0.15, 0.2) is 0 Å². The molecule has 6 nitrogen and oxygen atoms in total. The summed E-state index contributed by atoms with van der Waals surface area (Å²) < 4.78 is 9.71. The number of ether oxygens (including phenoxy) is 2. The third-order valence-corrected chi connectivity index (χ3v) is 2.96. The zero-order valence-electron chi connectivity index (χ0n) is 12.3. The summed E-state index contributed by atoms with van der Waals surface area (Å²) in [6, 6.07) is 5.05. The Labute approximate surface area is 119 Å². The van der Waals surface area contributed by atoms with Gasteiger partial charge in [-0.3, -0.25) is 0 Å². The Morgan fingerprint density at radius 1 is 1.35 bits per heavy atom. The number of likely N-dealkylation sites (N-methyl/N-ethyl adjacent to an activating group) is 1. The first kappa shape index (κ1) is 16.3. The van der Waals surface area contributed by atoms with Crippen LogP contribution in [0.1, 0.15) is 10.4 Å². The molecule has 112 valence electrons. The van der Waals surface area contributed by atoms with E-state index in [-0.39, 0.29) is 5.97 Å². The van der Waals surface area contributed by atoms with E-state index in [1.807, 2.05) is 7.05 Å². The monoisotopic (exact) mass is 281 g/mol. The number of nitrogens with zero attached hydrogens (tertiary/aromatic N) is 1. The maximum absolute atomic E-state index is 11.5. The number of hydrogen-bond acceptors (Lipinski definition) is 6. The van der Waals surface area contributed by atoms with Crippen molar-refractivity contribution in [1.29, 1.82) is 0 Å². The van der Waals surface area contributed by atoms with E-state index >= 15 is 0 Å². The van der Waals surface area contributed by atoms with Crippen molar-refractivity contribution in [1.82, 2.24) is 4.90 Å². The van der Waals surface area contributed by atoms with Crippen LogP contribution in [0.25, 0.3) is 0 Å². The molecular formula is C14H23N3O3. The Morgan fingerprint density at radius 2 is 2.10 bits per heavy atom. The summed E-state index contributed by atoms with van der Waals surface area (Å²) in [4.78, 5) is 13.6. The third kappa shape index (κ3) is 5.07. The zero-order valence-corrected chi connectivity index (χ0v) is 12.3. The van der Waals surface area contributed by atoms with Crippen LogP contribution in [0, 0.1) is 0 Å². The van der Waals surface area contributed by atoms with Gasteiger partial charge in [0.25, 0.3) is 0 Å². The van der Waals surface area contributed by atoms with Gasteiger partial charge in [0.1, 0.15) is 0 Å². The van der Waals surface area contributed by atoms with Crippen LogP contribution in [0.2, 0.25) is 0 Å². The molecule has 1 aromatic rings. The van der Waals surface area contributed by atoms with Gasteiger partial charge >= 0.3 is 5.97 Å². The lowest BCUT2D eigenvalue weighted by atomic mass is 10.1. The van der Waals surface area contributed by atoms with Gasteiger partial charge in [0.05, 0.1) is 30.7 Å². The van der Waals surface area contributed by atoms with Crippen molar-refractivity contribution < 1.29 is 14.3 Å². The molecule has 0 atom stereocenters. The molecule has 0 saturated carbocycles. The van der Waals surface area contributed by atoms with Gasteiger partial charge in [0, 0.05) is 26.7 Å². The Balaban J connectivity index is 2.52. The van der Waals surface area contributed by atoms with Crippen LogP contribution in [-0.4, -0.2) is 58.4 Å². The molecule has 0 unspecified atom stereocenters. The first-order valence-corrected chi connectivity index (χ1v) is 6.47. The average Bonchev–Trinajstić information content (AvgIpc) is 2.46. The van der Waals surface area contributed by atoms with Crippen molar-refractivity contribution in [2.24, 2.45) is 0 Å². The fourth-order valence-corrected chi connectivity index (χ4v) is 1.69. The number of methoxy groups -OCH3 is 2. The molecule has 0 bridgehead atoms. The second-order valence-corrected chi connectivity index (χ2v) is 4.52. The van der Waals surface area contributed by atoms with E-state index in [1.165, 1.54) is 7.11 Å². The zero-order chi connectivity index (χ0) is 15.0. The van der Waals surface area contributed by atoms with Gasteiger partial charge in [0.2, 0.25) is 0 Å². The van der Waals surface area contributed by atoms with Gasteiger partial charge < -0.3 is 25.4 Å². The summed E-state index contributed by atoms with van der Waals surface area (Å²) in [6.45, 7) is 3.16. The summed E-state index contributed by atoms with van der Waals surface area (Å²) >= 11 is 0. The fourth-order valence-electron chi connectivity index (χ4n) is 1.69. The van der Waals surface area contributed by atoms with Crippen LogP contribution in [0.3, 0.4) is 0 Å². The molecule has 3 N–H and O–H groups in total. The highest BCUT2D eigenvalue weighted by atomic mass is 16.5. The van der Waals surface area contributed by atoms with E-state index in [0.717, 1.165) is 25.3 Å². The summed E-state index contributed by atoms with van der Waals surface area (Å²) in [5.41, 5.74) is 7.72. The molecule has 0 heterocycles. The molecule has 0 fully saturated rings. The highest BCUT2D eigenvalue weighted by Gasteiger charge is 2.08. The molecule has 0 saturated heterocycles. The molecule has 20 heavy (non-hydrogen) atoms. The summed E-state index contributed by atoms with van der Waals surface area (Å²) in [6.07, 6.45) is 0. The number of nitrogens with two attached hydrogens (primary N) is 1. The van der Waals surface area contributed by atoms with Gasteiger partial charge in [-0.05, 0) is 25.2 Å². The average molecular weight is 281 g/mol. The van der Waals surface area contributed by atoms with Crippen LogP contribution < -0.4 is 11.1 Å². The van der Waals surface area contributed by atoms with Crippen molar-refractivity contribution >= 4 is 17.3 Å². The molecular weight excluding hydrogens is 258 g/mol. The Morgan fingerprint density at radius 3 is 2.75 bits per heavy atom. The summed E-state index contributed by atoms with van der Waals surface area (Å²) in [5, 5.41) is 3.22. The first-order chi connectivity index (χ1) is 9.58. The van der Waals surface area contributed by atoms with Gasteiger partial charge in [-0.15, -0.1) is 0 Å². The predicted octanol–water partition coefficient (Wildman–Crippen LogP) is 1.05. The molecule has 1 rings (SSSR count). The number of carbonyl (C=O) groups is 1. The number of rotatable bonds is 8. The van der Waals surface area contributed by atoms with E-state index in [4.69, 9.17) is 10.5 Å². The van der Waals surface area contributed by atoms with Gasteiger partial charge in [-0.1, -0.05) is 0 Å². The number of benzene rings is 1. The SMILES string of the molecule is COCCN(C)CCNc1cc(C(=O)OC)ccc1N. The van der Waals surface area contributed by atoms with Gasteiger partial charge in [-0.25, -0.2) is 4.79 Å². The number of hydrogen-bond donors (Lipinski definition) is 2. The standard InChI is InChI=1S/C14H23N3O3/c1-17(8-9-19-2)7-6-16-13-10-11(14(18)20-3)4-5-12(13)15/h4-5,10,16H,6-9,15H2,1-3H3. The lowest BCUT2D eigenvalue weighted by Crippen LogP contribution is -2.28. The fraction of sp³-hybridized carbons (Fsp3) is 0.500. The molecule has 0 amide bonds. The number of anilines is 2. The molecule has 0 aliphatic heterocycles. The van der Waals surface area contributed by atoms with Crippen LogP contribution in [0.4, 0.5) is 11.4 Å². The molecule has 0 aromatic heterocycles. The van der Waals surface area contributed by atoms with Crippen LogP contribution in [0.5, 0.6) is 0 Å². The van der Waals surface area contributed by atoms with Crippen LogP contribution >= 0.6 is 0 Å². The lowest BCUT2D eigenvalue weighted by molar-refractivity contribution is 0.0601. The van der Waals surface area contributed by atoms with E-state index in [0.29, 0.717) is 17.9 Å². The number of nitrogens with one attached hydrogen (secondary N) is 1. The normalized spacial score (nSPS) is 10.6. The van der Waals surface area contributed by atoms with E-state index in [1.54, 1.807) is 25.3 Å². The number of nitrogen functional groups attached to an aromatic ring is 1. The van der Waals surface area contributed by atoms with E-state index in [2.05, 4.69) is 15.0 Å². The first-order valence-electron chi connectivity index (χ1n) is 6.47. The lowest BCUT2D eigenvalue weighted by Gasteiger charge is -2.17. The second kappa shape index (κ2) is 8.39. The highest BCUT2D eigenvalue weighted by Crippen LogP contribution is 2.20. The largest absolute Gasteiger partial charge is 0.465 e. The second-order valence-electron chi connectivity index (χ2n) is 4.52. The maximum atomic E-state index is 11.5. The molecule has 1 aromatic carbocycles. The van der Waals surface area contributed by atoms with Crippen molar-refractivity contribution in [2.75, 3.05) is 58.6 Å².